The van der Waals surface area contributed by atoms with Gasteiger partial charge in [-0.3, -0.25) is 4.79 Å². The van der Waals surface area contributed by atoms with Crippen LogP contribution in [0.1, 0.15) is 29.6 Å². The predicted octanol–water partition coefficient (Wildman–Crippen LogP) is 2.88. The molecule has 108 valence electrons. The lowest BCUT2D eigenvalue weighted by Crippen LogP contribution is -2.53. The lowest BCUT2D eigenvalue weighted by Gasteiger charge is -2.42. The molecule has 0 spiro atoms. The highest BCUT2D eigenvalue weighted by atomic mass is 35.5. The Morgan fingerprint density at radius 3 is 2.70 bits per heavy atom. The van der Waals surface area contributed by atoms with Crippen molar-refractivity contribution in [2.24, 2.45) is 5.92 Å². The van der Waals surface area contributed by atoms with Gasteiger partial charge < -0.3 is 10.2 Å². The van der Waals surface area contributed by atoms with Crippen LogP contribution in [0, 0.1) is 13.3 Å². The number of nitrogens with zero attached hydrogens (tertiary/aromatic N) is 1. The number of nitrogens with one attached hydrogen (secondary N) is 1. The van der Waals surface area contributed by atoms with Gasteiger partial charge in [0.15, 0.2) is 0 Å². The van der Waals surface area contributed by atoms with Gasteiger partial charge in [-0.05, 0) is 56.0 Å². The molecule has 0 saturated carbocycles. The van der Waals surface area contributed by atoms with Gasteiger partial charge in [0.2, 0.25) is 0 Å². The maximum Gasteiger partial charge on any atom is 0.251 e. The minimum atomic E-state index is 0. The second kappa shape index (κ2) is 6.59. The van der Waals surface area contributed by atoms with Crippen LogP contribution in [-0.4, -0.2) is 36.5 Å². The minimum absolute atomic E-state index is 0. The highest BCUT2D eigenvalue weighted by molar-refractivity contribution is 6.30. The third kappa shape index (κ3) is 3.33. The molecule has 4 heteroatoms. The summed E-state index contributed by atoms with van der Waals surface area (Å²) in [6, 6.07) is 7.43. The van der Waals surface area contributed by atoms with Gasteiger partial charge in [0, 0.05) is 29.7 Å². The maximum atomic E-state index is 12.2. The zero-order valence-corrected chi connectivity index (χ0v) is 12.4. The van der Waals surface area contributed by atoms with Gasteiger partial charge in [-0.25, -0.2) is 0 Å². The molecule has 2 bridgehead atoms. The summed E-state index contributed by atoms with van der Waals surface area (Å²) in [5.41, 5.74) is 0.697. The lowest BCUT2D eigenvalue weighted by molar-refractivity contribution is 0.0739. The van der Waals surface area contributed by atoms with Crippen molar-refractivity contribution < 1.29 is 4.79 Å². The molecular formula is C16H21ClN2O. The van der Waals surface area contributed by atoms with Crippen molar-refractivity contribution in [3.63, 3.8) is 0 Å². The summed E-state index contributed by atoms with van der Waals surface area (Å²) in [4.78, 5) is 14.7. The monoisotopic (exact) mass is 292 g/mol. The van der Waals surface area contributed by atoms with Crippen LogP contribution in [-0.2, 0) is 0 Å². The summed E-state index contributed by atoms with van der Waals surface area (Å²) < 4.78 is 0. The zero-order chi connectivity index (χ0) is 13.2. The number of piperidine rings is 2. The SMILES string of the molecule is O=C(N[C@H]1CCN2CCCC1C2)c1ccc(Cl)cc1.[CH2]. The van der Waals surface area contributed by atoms with Crippen molar-refractivity contribution in [1.29, 1.82) is 0 Å². The average Bonchev–Trinajstić information content (AvgIpc) is 2.43. The maximum absolute atomic E-state index is 12.2. The fraction of sp³-hybridized carbons (Fsp3) is 0.500. The van der Waals surface area contributed by atoms with Gasteiger partial charge in [0.1, 0.15) is 0 Å². The van der Waals surface area contributed by atoms with Crippen LogP contribution < -0.4 is 5.32 Å². The van der Waals surface area contributed by atoms with Crippen molar-refractivity contribution >= 4 is 17.5 Å². The van der Waals surface area contributed by atoms with E-state index in [-0.39, 0.29) is 13.3 Å². The first kappa shape index (κ1) is 15.3. The van der Waals surface area contributed by atoms with E-state index in [0.29, 0.717) is 22.5 Å². The topological polar surface area (TPSA) is 32.3 Å². The van der Waals surface area contributed by atoms with Gasteiger partial charge in [-0.1, -0.05) is 19.0 Å². The lowest BCUT2D eigenvalue weighted by atomic mass is 9.85. The normalized spacial score (nSPS) is 28.4. The van der Waals surface area contributed by atoms with Gasteiger partial charge in [-0.15, -0.1) is 0 Å². The number of benzene rings is 1. The van der Waals surface area contributed by atoms with Crippen LogP contribution >= 0.6 is 11.6 Å². The number of rotatable bonds is 2. The van der Waals surface area contributed by atoms with Gasteiger partial charge >= 0.3 is 0 Å². The molecule has 0 aliphatic carbocycles. The first-order chi connectivity index (χ1) is 9.22. The second-order valence-corrected chi connectivity index (χ2v) is 6.01. The average molecular weight is 293 g/mol. The Labute approximate surface area is 126 Å². The van der Waals surface area contributed by atoms with Crippen molar-refractivity contribution in [2.75, 3.05) is 19.6 Å². The molecule has 2 radical (unpaired) electrons. The Morgan fingerprint density at radius 2 is 1.95 bits per heavy atom. The number of fused-ring (bicyclic) bond motifs is 2. The summed E-state index contributed by atoms with van der Waals surface area (Å²) in [5.74, 6) is 0.652. The fourth-order valence-electron chi connectivity index (χ4n) is 3.22. The molecular weight excluding hydrogens is 272 g/mol. The Kier molecular flexibility index (Phi) is 5.06. The van der Waals surface area contributed by atoms with E-state index in [0.717, 1.165) is 19.5 Å². The van der Waals surface area contributed by atoms with E-state index in [1.54, 1.807) is 24.3 Å². The Balaban J connectivity index is 0.00000147. The Hall–Kier alpha value is -1.06. The predicted molar refractivity (Wildman–Crippen MR) is 81.8 cm³/mol. The standard InChI is InChI=1S/C15H19ClN2O.CH2/c16-13-5-3-11(4-6-13)15(19)17-14-7-9-18-8-1-2-12(14)10-18;/h3-6,12,14H,1-2,7-10H2,(H,17,19);1H2/t12?,14-;/m0./s1. The van der Waals surface area contributed by atoms with Crippen LogP contribution in [0.15, 0.2) is 24.3 Å². The molecule has 1 N–H and O–H groups in total. The molecule has 0 aromatic heterocycles. The molecule has 3 nitrogen and oxygen atoms in total. The van der Waals surface area contributed by atoms with Gasteiger partial charge in [0.25, 0.3) is 5.91 Å². The summed E-state index contributed by atoms with van der Waals surface area (Å²) >= 11 is 5.84. The smallest absolute Gasteiger partial charge is 0.251 e. The number of carbonyl (C=O) groups excluding carboxylic acids is 1. The largest absolute Gasteiger partial charge is 0.349 e. The summed E-state index contributed by atoms with van der Waals surface area (Å²) in [6.45, 7) is 3.49. The number of halogens is 1. The molecule has 1 aromatic rings. The molecule has 2 unspecified atom stereocenters. The third-order valence-electron chi connectivity index (χ3n) is 4.29. The quantitative estimate of drug-likeness (QED) is 0.909. The molecule has 2 aliphatic rings. The highest BCUT2D eigenvalue weighted by Gasteiger charge is 2.32. The van der Waals surface area contributed by atoms with E-state index in [1.165, 1.54) is 19.4 Å². The molecule has 2 aliphatic heterocycles. The van der Waals surface area contributed by atoms with E-state index >= 15 is 0 Å². The Morgan fingerprint density at radius 1 is 1.20 bits per heavy atom. The number of hydrogen-bond acceptors (Lipinski definition) is 2. The van der Waals surface area contributed by atoms with Crippen LogP contribution in [0.25, 0.3) is 0 Å². The first-order valence-electron chi connectivity index (χ1n) is 7.01. The van der Waals surface area contributed by atoms with Crippen LogP contribution in [0.5, 0.6) is 0 Å². The summed E-state index contributed by atoms with van der Waals surface area (Å²) in [7, 11) is 0. The summed E-state index contributed by atoms with van der Waals surface area (Å²) in [6.07, 6.45) is 3.57. The molecule has 1 amide bonds. The van der Waals surface area contributed by atoms with Gasteiger partial charge in [0.05, 0.1) is 0 Å². The van der Waals surface area contributed by atoms with E-state index in [9.17, 15) is 4.79 Å². The van der Waals surface area contributed by atoms with Crippen molar-refractivity contribution in [1.82, 2.24) is 10.2 Å². The molecule has 20 heavy (non-hydrogen) atoms. The van der Waals surface area contributed by atoms with Crippen LogP contribution in [0.4, 0.5) is 0 Å². The van der Waals surface area contributed by atoms with E-state index < -0.39 is 0 Å². The highest BCUT2D eigenvalue weighted by Crippen LogP contribution is 2.26. The van der Waals surface area contributed by atoms with E-state index in [1.807, 2.05) is 0 Å². The molecule has 3 atom stereocenters. The van der Waals surface area contributed by atoms with Crippen molar-refractivity contribution in [3.8, 4) is 0 Å². The van der Waals surface area contributed by atoms with E-state index in [4.69, 9.17) is 11.6 Å². The third-order valence-corrected chi connectivity index (χ3v) is 4.54. The van der Waals surface area contributed by atoms with Crippen molar-refractivity contribution in [2.45, 2.75) is 25.3 Å². The number of amides is 1. The fourth-order valence-corrected chi connectivity index (χ4v) is 3.35. The van der Waals surface area contributed by atoms with Gasteiger partial charge in [-0.2, -0.15) is 0 Å². The number of hydrogen-bond donors (Lipinski definition) is 1. The molecule has 2 saturated heterocycles. The number of carbonyl (C=O) groups is 1. The van der Waals surface area contributed by atoms with E-state index in [2.05, 4.69) is 10.2 Å². The Bertz CT molecular complexity index is 460. The molecule has 1 aromatic carbocycles. The second-order valence-electron chi connectivity index (χ2n) is 5.58. The van der Waals surface area contributed by atoms with Crippen LogP contribution in [0.2, 0.25) is 5.02 Å². The van der Waals surface area contributed by atoms with Crippen LogP contribution in [0.3, 0.4) is 0 Å². The summed E-state index contributed by atoms with van der Waals surface area (Å²) in [5, 5.41) is 3.87. The first-order valence-corrected chi connectivity index (χ1v) is 7.39. The van der Waals surface area contributed by atoms with Crippen molar-refractivity contribution in [3.05, 3.63) is 42.3 Å². The zero-order valence-electron chi connectivity index (χ0n) is 11.6. The molecule has 2 heterocycles. The molecule has 2 fully saturated rings. The molecule has 3 rings (SSSR count). The minimum Gasteiger partial charge on any atom is -0.349 e.